The van der Waals surface area contributed by atoms with Gasteiger partial charge in [0.15, 0.2) is 0 Å². The maximum absolute atomic E-state index is 4.67. The molecule has 1 aliphatic rings. The minimum Gasteiger partial charge on any atom is -0.304 e. The van der Waals surface area contributed by atoms with Crippen LogP contribution in [0.4, 0.5) is 0 Å². The largest absolute Gasteiger partial charge is 0.304 e. The molecule has 4 heteroatoms. The van der Waals surface area contributed by atoms with E-state index in [0.29, 0.717) is 0 Å². The number of hydrogen-bond acceptors (Lipinski definition) is 3. The van der Waals surface area contributed by atoms with Crippen molar-refractivity contribution in [1.82, 2.24) is 19.6 Å². The molecule has 1 fully saturated rings. The first-order valence-electron chi connectivity index (χ1n) is 7.57. The van der Waals surface area contributed by atoms with Gasteiger partial charge in [-0.2, -0.15) is 5.10 Å². The number of likely N-dealkylation sites (N-methyl/N-ethyl adjacent to an activating group) is 1. The smallest absolute Gasteiger partial charge is 0.0685 e. The van der Waals surface area contributed by atoms with Crippen molar-refractivity contribution in [3.63, 3.8) is 0 Å². The van der Waals surface area contributed by atoms with Crippen LogP contribution in [0.25, 0.3) is 10.9 Å². The molecule has 0 spiro atoms. The van der Waals surface area contributed by atoms with Gasteiger partial charge in [-0.1, -0.05) is 18.2 Å². The van der Waals surface area contributed by atoms with Crippen LogP contribution in [0.3, 0.4) is 0 Å². The lowest BCUT2D eigenvalue weighted by Crippen LogP contribution is -2.44. The van der Waals surface area contributed by atoms with E-state index in [9.17, 15) is 0 Å². The number of aryl methyl sites for hydroxylation is 2. The Morgan fingerprint density at radius 1 is 1.05 bits per heavy atom. The zero-order chi connectivity index (χ0) is 13.9. The third kappa shape index (κ3) is 2.86. The maximum Gasteiger partial charge on any atom is 0.0685 e. The van der Waals surface area contributed by atoms with E-state index in [4.69, 9.17) is 0 Å². The summed E-state index contributed by atoms with van der Waals surface area (Å²) in [6, 6.07) is 8.52. The van der Waals surface area contributed by atoms with Crippen molar-refractivity contribution in [3.8, 4) is 0 Å². The highest BCUT2D eigenvalue weighted by atomic mass is 15.3. The first kappa shape index (κ1) is 13.6. The minimum absolute atomic E-state index is 1.01. The molecule has 0 unspecified atom stereocenters. The number of nitrogens with zero attached hydrogens (tertiary/aromatic N) is 4. The molecule has 0 bridgehead atoms. The zero-order valence-corrected chi connectivity index (χ0v) is 12.5. The summed E-state index contributed by atoms with van der Waals surface area (Å²) < 4.78 is 2.17. The standard InChI is InChI=1S/C16H24N4/c1-14-15-6-3-4-7-16(15)20(17-14)9-5-8-19-12-10-18(2)11-13-19/h3-4,6-7H,5,8-13H2,1-2H3. The number of fused-ring (bicyclic) bond motifs is 1. The Balaban J connectivity index is 1.57. The van der Waals surface area contributed by atoms with Crippen LogP contribution in [-0.2, 0) is 6.54 Å². The summed E-state index contributed by atoms with van der Waals surface area (Å²) in [6.45, 7) is 9.10. The van der Waals surface area contributed by atoms with Crippen molar-refractivity contribution >= 4 is 10.9 Å². The minimum atomic E-state index is 1.01. The van der Waals surface area contributed by atoms with Crippen LogP contribution in [0.2, 0.25) is 0 Å². The van der Waals surface area contributed by atoms with E-state index in [2.05, 4.69) is 57.8 Å². The number of benzene rings is 1. The molecule has 2 aromatic rings. The molecule has 0 aliphatic carbocycles. The molecule has 0 amide bonds. The van der Waals surface area contributed by atoms with Crippen molar-refractivity contribution in [1.29, 1.82) is 0 Å². The van der Waals surface area contributed by atoms with Crippen LogP contribution < -0.4 is 0 Å². The van der Waals surface area contributed by atoms with Crippen molar-refractivity contribution in [2.24, 2.45) is 0 Å². The summed E-state index contributed by atoms with van der Waals surface area (Å²) in [4.78, 5) is 4.97. The van der Waals surface area contributed by atoms with Crippen molar-refractivity contribution < 1.29 is 0 Å². The Bertz CT molecular complexity index is 567. The molecule has 108 valence electrons. The molecule has 1 aromatic heterocycles. The van der Waals surface area contributed by atoms with E-state index in [1.54, 1.807) is 0 Å². The molecule has 1 aromatic carbocycles. The fourth-order valence-electron chi connectivity index (χ4n) is 2.98. The Morgan fingerprint density at radius 3 is 2.60 bits per heavy atom. The van der Waals surface area contributed by atoms with Gasteiger partial charge in [0.25, 0.3) is 0 Å². The van der Waals surface area contributed by atoms with Crippen molar-refractivity contribution in [2.75, 3.05) is 39.8 Å². The quantitative estimate of drug-likeness (QED) is 0.850. The summed E-state index contributed by atoms with van der Waals surface area (Å²) in [6.07, 6.45) is 1.18. The van der Waals surface area contributed by atoms with Gasteiger partial charge in [0.2, 0.25) is 0 Å². The van der Waals surface area contributed by atoms with Crippen LogP contribution in [-0.4, -0.2) is 59.4 Å². The van der Waals surface area contributed by atoms with Gasteiger partial charge in [-0.15, -0.1) is 0 Å². The third-order valence-electron chi connectivity index (χ3n) is 4.28. The number of piperazine rings is 1. The first-order chi connectivity index (χ1) is 9.74. The molecule has 2 heterocycles. The Labute approximate surface area is 121 Å². The van der Waals surface area contributed by atoms with Crippen LogP contribution in [0.15, 0.2) is 24.3 Å². The van der Waals surface area contributed by atoms with Gasteiger partial charge in [-0.3, -0.25) is 4.68 Å². The molecule has 0 radical (unpaired) electrons. The summed E-state index contributed by atoms with van der Waals surface area (Å²) in [5, 5.41) is 5.96. The monoisotopic (exact) mass is 272 g/mol. The second-order valence-corrected chi connectivity index (χ2v) is 5.82. The van der Waals surface area contributed by atoms with Gasteiger partial charge in [0.1, 0.15) is 0 Å². The van der Waals surface area contributed by atoms with Gasteiger partial charge in [0, 0.05) is 38.1 Å². The molecule has 4 nitrogen and oxygen atoms in total. The molecule has 1 aliphatic heterocycles. The van der Waals surface area contributed by atoms with Gasteiger partial charge in [-0.25, -0.2) is 0 Å². The third-order valence-corrected chi connectivity index (χ3v) is 4.28. The van der Waals surface area contributed by atoms with E-state index >= 15 is 0 Å². The van der Waals surface area contributed by atoms with E-state index in [0.717, 1.165) is 12.2 Å². The lowest BCUT2D eigenvalue weighted by molar-refractivity contribution is 0.151. The lowest BCUT2D eigenvalue weighted by Gasteiger charge is -2.32. The first-order valence-corrected chi connectivity index (χ1v) is 7.57. The molecule has 0 atom stereocenters. The summed E-state index contributed by atoms with van der Waals surface area (Å²) in [5.41, 5.74) is 2.41. The molecule has 1 saturated heterocycles. The highest BCUT2D eigenvalue weighted by Crippen LogP contribution is 2.17. The van der Waals surface area contributed by atoms with Gasteiger partial charge in [0.05, 0.1) is 11.2 Å². The van der Waals surface area contributed by atoms with E-state index < -0.39 is 0 Å². The predicted molar refractivity (Wildman–Crippen MR) is 83.0 cm³/mol. The highest BCUT2D eigenvalue weighted by Gasteiger charge is 2.13. The van der Waals surface area contributed by atoms with E-state index in [1.165, 1.54) is 50.0 Å². The van der Waals surface area contributed by atoms with E-state index in [-0.39, 0.29) is 0 Å². The number of aromatic nitrogens is 2. The average Bonchev–Trinajstić information content (AvgIpc) is 2.79. The fourth-order valence-corrected chi connectivity index (χ4v) is 2.98. The number of para-hydroxylation sites is 1. The van der Waals surface area contributed by atoms with Gasteiger partial charge >= 0.3 is 0 Å². The highest BCUT2D eigenvalue weighted by molar-refractivity contribution is 5.81. The van der Waals surface area contributed by atoms with E-state index in [1.807, 2.05) is 0 Å². The molecular formula is C16H24N4. The summed E-state index contributed by atoms with van der Waals surface area (Å²) in [5.74, 6) is 0. The van der Waals surface area contributed by atoms with Crippen LogP contribution >= 0.6 is 0 Å². The average molecular weight is 272 g/mol. The van der Waals surface area contributed by atoms with Gasteiger partial charge in [-0.05, 0) is 33.0 Å². The SMILES string of the molecule is Cc1nn(CCCN2CCN(C)CC2)c2ccccc12. The van der Waals surface area contributed by atoms with Crippen LogP contribution in [0.5, 0.6) is 0 Å². The molecule has 0 N–H and O–H groups in total. The maximum atomic E-state index is 4.67. The van der Waals surface area contributed by atoms with Crippen molar-refractivity contribution in [3.05, 3.63) is 30.0 Å². The number of rotatable bonds is 4. The predicted octanol–water partition coefficient (Wildman–Crippen LogP) is 1.98. The molecule has 20 heavy (non-hydrogen) atoms. The zero-order valence-electron chi connectivity index (χ0n) is 12.5. The molecular weight excluding hydrogens is 248 g/mol. The Morgan fingerprint density at radius 2 is 1.80 bits per heavy atom. The second-order valence-electron chi connectivity index (χ2n) is 5.82. The van der Waals surface area contributed by atoms with Crippen LogP contribution in [0.1, 0.15) is 12.1 Å². The second kappa shape index (κ2) is 5.94. The summed E-state index contributed by atoms with van der Waals surface area (Å²) in [7, 11) is 2.20. The fraction of sp³-hybridized carbons (Fsp3) is 0.562. The number of hydrogen-bond donors (Lipinski definition) is 0. The topological polar surface area (TPSA) is 24.3 Å². The van der Waals surface area contributed by atoms with Gasteiger partial charge < -0.3 is 9.80 Å². The lowest BCUT2D eigenvalue weighted by atomic mass is 10.2. The van der Waals surface area contributed by atoms with Crippen molar-refractivity contribution in [2.45, 2.75) is 19.9 Å². The summed E-state index contributed by atoms with van der Waals surface area (Å²) >= 11 is 0. The Kier molecular flexibility index (Phi) is 4.03. The molecule has 0 saturated carbocycles. The molecule has 3 rings (SSSR count). The Hall–Kier alpha value is -1.39. The normalized spacial score (nSPS) is 17.9. The van der Waals surface area contributed by atoms with Crippen LogP contribution in [0, 0.1) is 6.92 Å².